The Kier molecular flexibility index (Phi) is 6.01. The molecule has 0 aromatic heterocycles. The molecule has 1 atom stereocenters. The molecule has 1 heterocycles. The molecule has 2 rings (SSSR count). The van der Waals surface area contributed by atoms with Crippen LogP contribution in [0.1, 0.15) is 32.3 Å². The van der Waals surface area contributed by atoms with Crippen molar-refractivity contribution in [1.82, 2.24) is 4.31 Å². The Morgan fingerprint density at radius 3 is 2.58 bits per heavy atom. The van der Waals surface area contributed by atoms with Gasteiger partial charge in [-0.25, -0.2) is 8.42 Å². The van der Waals surface area contributed by atoms with Crippen LogP contribution in [-0.2, 0) is 19.6 Å². The first-order valence-electron chi connectivity index (χ1n) is 8.24. The van der Waals surface area contributed by atoms with Crippen LogP contribution in [0.4, 0.5) is 5.69 Å². The second kappa shape index (κ2) is 7.63. The van der Waals surface area contributed by atoms with Crippen molar-refractivity contribution in [1.29, 1.82) is 0 Å². The predicted molar refractivity (Wildman–Crippen MR) is 93.7 cm³/mol. The number of rotatable bonds is 7. The van der Waals surface area contributed by atoms with E-state index in [9.17, 15) is 13.2 Å². The van der Waals surface area contributed by atoms with Gasteiger partial charge in [0.25, 0.3) is 0 Å². The van der Waals surface area contributed by atoms with Crippen LogP contribution in [-0.4, -0.2) is 51.5 Å². The lowest BCUT2D eigenvalue weighted by atomic mass is 10.2. The van der Waals surface area contributed by atoms with E-state index in [0.717, 1.165) is 12.1 Å². The monoisotopic (exact) mass is 354 g/mol. The molecule has 0 saturated carbocycles. The van der Waals surface area contributed by atoms with Gasteiger partial charge in [0.2, 0.25) is 15.9 Å². The minimum absolute atomic E-state index is 0.0916. The van der Waals surface area contributed by atoms with E-state index in [-0.39, 0.29) is 16.8 Å². The summed E-state index contributed by atoms with van der Waals surface area (Å²) in [6.45, 7) is 6.82. The number of nitrogens with zero attached hydrogens (tertiary/aromatic N) is 2. The Morgan fingerprint density at radius 1 is 1.38 bits per heavy atom. The summed E-state index contributed by atoms with van der Waals surface area (Å²) in [4.78, 5) is 13.9. The summed E-state index contributed by atoms with van der Waals surface area (Å²) in [6, 6.07) is 4.86. The van der Waals surface area contributed by atoms with Crippen LogP contribution in [0.5, 0.6) is 0 Å². The molecule has 1 aromatic carbocycles. The second-order valence-electron chi connectivity index (χ2n) is 6.11. The van der Waals surface area contributed by atoms with E-state index in [1.165, 1.54) is 4.31 Å². The molecule has 0 aliphatic carbocycles. The number of benzene rings is 1. The lowest BCUT2D eigenvalue weighted by molar-refractivity contribution is -0.117. The standard InChI is InChI=1S/C17H26N2O4S/c1-5-19(14(3)12-23-4)24(21,22)16-9-8-15(11-13(16)2)18-10-6-7-17(18)20/h8-9,11,14H,5-7,10,12H2,1-4H3/t14-/m0/s1. The third kappa shape index (κ3) is 3.63. The summed E-state index contributed by atoms with van der Waals surface area (Å²) in [5, 5.41) is 0. The molecule has 0 radical (unpaired) electrons. The molecule has 1 amide bonds. The quantitative estimate of drug-likeness (QED) is 0.753. The molecule has 1 fully saturated rings. The van der Waals surface area contributed by atoms with E-state index in [1.807, 2.05) is 13.8 Å². The highest BCUT2D eigenvalue weighted by Crippen LogP contribution is 2.28. The fraction of sp³-hybridized carbons (Fsp3) is 0.588. The Bertz CT molecular complexity index is 703. The van der Waals surface area contributed by atoms with E-state index in [1.54, 1.807) is 37.1 Å². The zero-order valence-electron chi connectivity index (χ0n) is 14.8. The van der Waals surface area contributed by atoms with Crippen molar-refractivity contribution < 1.29 is 17.9 Å². The van der Waals surface area contributed by atoms with E-state index >= 15 is 0 Å². The molecule has 0 bridgehead atoms. The highest BCUT2D eigenvalue weighted by molar-refractivity contribution is 7.89. The number of sulfonamides is 1. The third-order valence-electron chi connectivity index (χ3n) is 4.34. The summed E-state index contributed by atoms with van der Waals surface area (Å²) in [5.74, 6) is 0.0916. The van der Waals surface area contributed by atoms with Crippen molar-refractivity contribution in [3.8, 4) is 0 Å². The van der Waals surface area contributed by atoms with Gasteiger partial charge in [0.1, 0.15) is 0 Å². The molecular weight excluding hydrogens is 328 g/mol. The molecule has 7 heteroatoms. The average molecular weight is 354 g/mol. The number of ether oxygens (including phenoxy) is 1. The maximum absolute atomic E-state index is 13.0. The number of amides is 1. The number of anilines is 1. The number of likely N-dealkylation sites (N-methyl/N-ethyl adjacent to an activating group) is 1. The molecule has 0 N–H and O–H groups in total. The van der Waals surface area contributed by atoms with E-state index in [0.29, 0.717) is 31.7 Å². The van der Waals surface area contributed by atoms with Crippen LogP contribution < -0.4 is 4.90 Å². The van der Waals surface area contributed by atoms with Gasteiger partial charge in [-0.3, -0.25) is 4.79 Å². The smallest absolute Gasteiger partial charge is 0.243 e. The zero-order chi connectivity index (χ0) is 17.9. The fourth-order valence-electron chi connectivity index (χ4n) is 3.18. The number of carbonyl (C=O) groups is 1. The molecular formula is C17H26N2O4S. The molecule has 134 valence electrons. The zero-order valence-corrected chi connectivity index (χ0v) is 15.6. The number of carbonyl (C=O) groups excluding carboxylic acids is 1. The van der Waals surface area contributed by atoms with Crippen molar-refractivity contribution in [2.45, 2.75) is 44.6 Å². The first kappa shape index (κ1) is 18.9. The third-order valence-corrected chi connectivity index (χ3v) is 6.59. The van der Waals surface area contributed by atoms with Crippen molar-refractivity contribution in [3.05, 3.63) is 23.8 Å². The maximum atomic E-state index is 13.0. The summed E-state index contributed by atoms with van der Waals surface area (Å²) < 4.78 is 32.5. The molecule has 1 aliphatic rings. The van der Waals surface area contributed by atoms with Crippen LogP contribution in [0.2, 0.25) is 0 Å². The van der Waals surface area contributed by atoms with Gasteiger partial charge < -0.3 is 9.64 Å². The van der Waals surface area contributed by atoms with Crippen molar-refractivity contribution in [3.63, 3.8) is 0 Å². The van der Waals surface area contributed by atoms with Gasteiger partial charge in [-0.15, -0.1) is 0 Å². The van der Waals surface area contributed by atoms with E-state index in [2.05, 4.69) is 0 Å². The number of hydrogen-bond acceptors (Lipinski definition) is 4. The fourth-order valence-corrected chi connectivity index (χ4v) is 5.01. The second-order valence-corrected chi connectivity index (χ2v) is 7.97. The van der Waals surface area contributed by atoms with Crippen molar-refractivity contribution >= 4 is 21.6 Å². The predicted octanol–water partition coefficient (Wildman–Crippen LogP) is 2.17. The van der Waals surface area contributed by atoms with Gasteiger partial charge in [0.05, 0.1) is 11.5 Å². The van der Waals surface area contributed by atoms with E-state index in [4.69, 9.17) is 4.74 Å². The molecule has 24 heavy (non-hydrogen) atoms. The van der Waals surface area contributed by atoms with Crippen LogP contribution in [0, 0.1) is 6.92 Å². The molecule has 0 spiro atoms. The molecule has 0 unspecified atom stereocenters. The van der Waals surface area contributed by atoms with Gasteiger partial charge in [0.15, 0.2) is 0 Å². The first-order chi connectivity index (χ1) is 11.3. The van der Waals surface area contributed by atoms with Gasteiger partial charge in [-0.05, 0) is 44.0 Å². The summed E-state index contributed by atoms with van der Waals surface area (Å²) >= 11 is 0. The first-order valence-corrected chi connectivity index (χ1v) is 9.68. The average Bonchev–Trinajstić information content (AvgIpc) is 2.93. The van der Waals surface area contributed by atoms with Gasteiger partial charge in [-0.2, -0.15) is 4.31 Å². The molecule has 1 saturated heterocycles. The summed E-state index contributed by atoms with van der Waals surface area (Å²) in [5.41, 5.74) is 1.41. The Morgan fingerprint density at radius 2 is 2.08 bits per heavy atom. The van der Waals surface area contributed by atoms with Crippen molar-refractivity contribution in [2.75, 3.05) is 31.7 Å². The van der Waals surface area contributed by atoms with Gasteiger partial charge in [-0.1, -0.05) is 6.92 Å². The van der Waals surface area contributed by atoms with Gasteiger partial charge >= 0.3 is 0 Å². The Labute approximate surface area is 144 Å². The van der Waals surface area contributed by atoms with Crippen LogP contribution >= 0.6 is 0 Å². The lowest BCUT2D eigenvalue weighted by Crippen LogP contribution is -2.41. The number of hydrogen-bond donors (Lipinski definition) is 0. The largest absolute Gasteiger partial charge is 0.383 e. The van der Waals surface area contributed by atoms with E-state index < -0.39 is 10.0 Å². The summed E-state index contributed by atoms with van der Waals surface area (Å²) in [7, 11) is -2.05. The van der Waals surface area contributed by atoms with Crippen LogP contribution in [0.3, 0.4) is 0 Å². The van der Waals surface area contributed by atoms with Crippen LogP contribution in [0.15, 0.2) is 23.1 Å². The Hall–Kier alpha value is -1.44. The summed E-state index contributed by atoms with van der Waals surface area (Å²) in [6.07, 6.45) is 1.40. The van der Waals surface area contributed by atoms with Crippen LogP contribution in [0.25, 0.3) is 0 Å². The highest BCUT2D eigenvalue weighted by atomic mass is 32.2. The highest BCUT2D eigenvalue weighted by Gasteiger charge is 2.30. The topological polar surface area (TPSA) is 66.9 Å². The minimum atomic E-state index is -3.61. The number of aryl methyl sites for hydroxylation is 1. The van der Waals surface area contributed by atoms with Crippen molar-refractivity contribution in [2.24, 2.45) is 0 Å². The minimum Gasteiger partial charge on any atom is -0.383 e. The van der Waals surface area contributed by atoms with Gasteiger partial charge in [0, 0.05) is 38.3 Å². The SMILES string of the molecule is CCN([C@@H](C)COC)S(=O)(=O)c1ccc(N2CCCC2=O)cc1C. The normalized spacial score (nSPS) is 16.9. The molecule has 1 aromatic rings. The number of methoxy groups -OCH3 is 1. The lowest BCUT2D eigenvalue weighted by Gasteiger charge is -2.27. The Balaban J connectivity index is 2.35. The molecule has 1 aliphatic heterocycles. The molecule has 6 nitrogen and oxygen atoms in total. The maximum Gasteiger partial charge on any atom is 0.243 e.